The smallest absolute Gasteiger partial charge is 0.103 e. The van der Waals surface area contributed by atoms with Gasteiger partial charge in [0.15, 0.2) is 0 Å². The van der Waals surface area contributed by atoms with Crippen molar-refractivity contribution in [1.82, 2.24) is 9.80 Å². The Balaban J connectivity index is 1.40. The molecule has 0 bridgehead atoms. The first-order chi connectivity index (χ1) is 20.0. The predicted octanol–water partition coefficient (Wildman–Crippen LogP) is 7.63. The van der Waals surface area contributed by atoms with Gasteiger partial charge in [0.25, 0.3) is 0 Å². The summed E-state index contributed by atoms with van der Waals surface area (Å²) in [6.07, 6.45) is 13.4. The van der Waals surface area contributed by atoms with Crippen molar-refractivity contribution in [3.05, 3.63) is 69.7 Å². The van der Waals surface area contributed by atoms with Gasteiger partial charge < -0.3 is 10.2 Å². The van der Waals surface area contributed by atoms with Crippen LogP contribution in [0.25, 0.3) is 0 Å². The van der Waals surface area contributed by atoms with E-state index in [2.05, 4.69) is 46.2 Å². The Labute approximate surface area is 257 Å². The number of hydrogen-bond donors (Lipinski definition) is 2. The Bertz CT molecular complexity index is 1130. The van der Waals surface area contributed by atoms with E-state index < -0.39 is 0 Å². The lowest BCUT2D eigenvalue weighted by molar-refractivity contribution is -0.146. The first-order valence-electron chi connectivity index (χ1n) is 16.3. The lowest BCUT2D eigenvalue weighted by Gasteiger charge is -2.59. The van der Waals surface area contributed by atoms with Crippen LogP contribution in [-0.2, 0) is 11.1 Å². The second kappa shape index (κ2) is 12.8. The van der Waals surface area contributed by atoms with Gasteiger partial charge in [-0.05, 0) is 105 Å². The third kappa shape index (κ3) is 5.63. The van der Waals surface area contributed by atoms with E-state index in [1.807, 2.05) is 12.1 Å². The Morgan fingerprint density at radius 2 is 1.37 bits per heavy atom. The van der Waals surface area contributed by atoms with Crippen LogP contribution >= 0.6 is 23.2 Å². The molecule has 4 unspecified atom stereocenters. The summed E-state index contributed by atoms with van der Waals surface area (Å²) in [7, 11) is 0. The standard InChI is InChI=1S/C35H48Cl2N2O2/c36-31-15-11-28(12-16-31)34(19-6-20-34)33(41)27-8-2-4-22-39(24-27)35(29-9-5-10-29,30-13-17-32(37)18-14-30)38-21-3-1-7-26(23-38)25-40/h11-18,26-27,29,33,40-41H,1-10,19-25H2. The molecular weight excluding hydrogens is 551 g/mol. The molecule has 0 aromatic heterocycles. The topological polar surface area (TPSA) is 46.9 Å². The molecule has 2 heterocycles. The maximum absolute atomic E-state index is 12.3. The van der Waals surface area contributed by atoms with Crippen molar-refractivity contribution in [2.45, 2.75) is 94.2 Å². The Morgan fingerprint density at radius 1 is 0.756 bits per heavy atom. The van der Waals surface area contributed by atoms with Crippen LogP contribution in [0.2, 0.25) is 10.0 Å². The van der Waals surface area contributed by atoms with Crippen LogP contribution in [0.15, 0.2) is 48.5 Å². The highest BCUT2D eigenvalue weighted by molar-refractivity contribution is 6.30. The fourth-order valence-corrected chi connectivity index (χ4v) is 9.05. The first kappa shape index (κ1) is 29.9. The van der Waals surface area contributed by atoms with Gasteiger partial charge in [0.1, 0.15) is 5.66 Å². The lowest BCUT2D eigenvalue weighted by atomic mass is 9.58. The van der Waals surface area contributed by atoms with Crippen molar-refractivity contribution >= 4 is 23.2 Å². The molecule has 2 aliphatic carbocycles. The average molecular weight is 600 g/mol. The third-order valence-corrected chi connectivity index (χ3v) is 11.8. The third-order valence-electron chi connectivity index (χ3n) is 11.3. The summed E-state index contributed by atoms with van der Waals surface area (Å²) in [6.45, 7) is 4.16. The van der Waals surface area contributed by atoms with E-state index in [0.29, 0.717) is 11.8 Å². The maximum Gasteiger partial charge on any atom is 0.103 e. The van der Waals surface area contributed by atoms with Crippen molar-refractivity contribution in [2.75, 3.05) is 32.8 Å². The maximum atomic E-state index is 12.3. The molecule has 2 aliphatic heterocycles. The van der Waals surface area contributed by atoms with Crippen LogP contribution in [0, 0.1) is 17.8 Å². The van der Waals surface area contributed by atoms with Gasteiger partial charge in [-0.2, -0.15) is 0 Å². The molecular formula is C35H48Cl2N2O2. The Kier molecular flexibility index (Phi) is 9.37. The number of nitrogens with zero attached hydrogens (tertiary/aromatic N) is 2. The van der Waals surface area contributed by atoms with Crippen LogP contribution in [0.1, 0.15) is 88.2 Å². The Morgan fingerprint density at radius 3 is 1.93 bits per heavy atom. The van der Waals surface area contributed by atoms with Gasteiger partial charge in [0, 0.05) is 48.2 Å². The molecule has 6 rings (SSSR count). The van der Waals surface area contributed by atoms with Crippen molar-refractivity contribution < 1.29 is 10.2 Å². The number of rotatable bonds is 8. The zero-order valence-corrected chi connectivity index (χ0v) is 26.0. The van der Waals surface area contributed by atoms with Gasteiger partial charge in [-0.3, -0.25) is 9.80 Å². The number of aliphatic hydroxyl groups excluding tert-OH is 2. The molecule has 2 N–H and O–H groups in total. The molecule has 2 aromatic rings. The molecule has 4 aliphatic rings. The van der Waals surface area contributed by atoms with E-state index >= 15 is 0 Å². The fraction of sp³-hybridized carbons (Fsp3) is 0.657. The first-order valence-corrected chi connectivity index (χ1v) is 17.0. The van der Waals surface area contributed by atoms with E-state index in [1.54, 1.807) is 0 Å². The zero-order valence-electron chi connectivity index (χ0n) is 24.5. The van der Waals surface area contributed by atoms with E-state index in [1.165, 1.54) is 43.2 Å². The number of hydrogen-bond acceptors (Lipinski definition) is 4. The minimum Gasteiger partial charge on any atom is -0.396 e. The molecule has 6 heteroatoms. The zero-order chi connectivity index (χ0) is 28.5. The predicted molar refractivity (Wildman–Crippen MR) is 168 cm³/mol. The highest BCUT2D eigenvalue weighted by Gasteiger charge is 2.54. The monoisotopic (exact) mass is 598 g/mol. The van der Waals surface area contributed by atoms with Crippen molar-refractivity contribution in [3.8, 4) is 0 Å². The van der Waals surface area contributed by atoms with Gasteiger partial charge >= 0.3 is 0 Å². The Hall–Kier alpha value is -1.14. The number of benzene rings is 2. The highest BCUT2D eigenvalue weighted by Crippen LogP contribution is 2.53. The van der Waals surface area contributed by atoms with Crippen LogP contribution < -0.4 is 0 Å². The van der Waals surface area contributed by atoms with Crippen LogP contribution in [0.4, 0.5) is 0 Å². The summed E-state index contributed by atoms with van der Waals surface area (Å²) in [5, 5.41) is 24.2. The number of likely N-dealkylation sites (tertiary alicyclic amines) is 2. The summed E-state index contributed by atoms with van der Waals surface area (Å²) < 4.78 is 0. The lowest BCUT2D eigenvalue weighted by Crippen LogP contribution is -2.65. The molecule has 224 valence electrons. The van der Waals surface area contributed by atoms with E-state index in [4.69, 9.17) is 23.2 Å². The minimum atomic E-state index is -0.378. The molecule has 4 atom stereocenters. The largest absolute Gasteiger partial charge is 0.396 e. The number of halogens is 2. The van der Waals surface area contributed by atoms with Gasteiger partial charge in [-0.1, -0.05) is 73.2 Å². The molecule has 4 fully saturated rings. The minimum absolute atomic E-state index is 0.171. The van der Waals surface area contributed by atoms with Gasteiger partial charge in [-0.15, -0.1) is 0 Å². The molecule has 2 aromatic carbocycles. The quantitative estimate of drug-likeness (QED) is 0.328. The number of aliphatic hydroxyl groups is 2. The van der Waals surface area contributed by atoms with Crippen LogP contribution in [0.3, 0.4) is 0 Å². The molecule has 2 saturated carbocycles. The summed E-state index contributed by atoms with van der Waals surface area (Å²) in [6, 6.07) is 17.0. The van der Waals surface area contributed by atoms with Gasteiger partial charge in [-0.25, -0.2) is 0 Å². The van der Waals surface area contributed by atoms with E-state index in [0.717, 1.165) is 81.2 Å². The summed E-state index contributed by atoms with van der Waals surface area (Å²) in [5.41, 5.74) is 2.18. The summed E-state index contributed by atoms with van der Waals surface area (Å²) in [5.74, 6) is 1.05. The van der Waals surface area contributed by atoms with Gasteiger partial charge in [0.05, 0.1) is 6.10 Å². The van der Waals surface area contributed by atoms with Gasteiger partial charge in [0.2, 0.25) is 0 Å². The average Bonchev–Trinajstić information content (AvgIpc) is 3.33. The van der Waals surface area contributed by atoms with E-state index in [-0.39, 0.29) is 29.7 Å². The molecule has 0 radical (unpaired) electrons. The van der Waals surface area contributed by atoms with Crippen LogP contribution in [0.5, 0.6) is 0 Å². The van der Waals surface area contributed by atoms with Crippen molar-refractivity contribution in [2.24, 2.45) is 17.8 Å². The fourth-order valence-electron chi connectivity index (χ4n) is 8.80. The molecule has 0 amide bonds. The molecule has 2 saturated heterocycles. The molecule has 41 heavy (non-hydrogen) atoms. The summed E-state index contributed by atoms with van der Waals surface area (Å²) in [4.78, 5) is 5.57. The second-order valence-corrected chi connectivity index (χ2v) is 14.4. The van der Waals surface area contributed by atoms with Crippen molar-refractivity contribution in [3.63, 3.8) is 0 Å². The van der Waals surface area contributed by atoms with Crippen molar-refractivity contribution in [1.29, 1.82) is 0 Å². The highest BCUT2D eigenvalue weighted by atomic mass is 35.5. The molecule has 4 nitrogen and oxygen atoms in total. The normalized spacial score (nSPS) is 28.5. The summed E-state index contributed by atoms with van der Waals surface area (Å²) >= 11 is 12.7. The SMILES string of the molecule is OCC1CCCCN(C(c2ccc(Cl)cc2)(C2CCC2)N2CCCCC(C(O)C3(c4ccc(Cl)cc4)CCC3)C2)C1. The molecule has 0 spiro atoms. The second-order valence-electron chi connectivity index (χ2n) is 13.5. The van der Waals surface area contributed by atoms with Crippen LogP contribution in [-0.4, -0.2) is 58.9 Å². The van der Waals surface area contributed by atoms with E-state index in [9.17, 15) is 10.2 Å².